The van der Waals surface area contributed by atoms with E-state index in [0.717, 1.165) is 16.5 Å². The molecule has 1 unspecified atom stereocenters. The summed E-state index contributed by atoms with van der Waals surface area (Å²) in [5, 5.41) is 24.7. The van der Waals surface area contributed by atoms with Gasteiger partial charge in [-0.15, -0.1) is 0 Å². The lowest BCUT2D eigenvalue weighted by Gasteiger charge is -2.29. The van der Waals surface area contributed by atoms with Crippen molar-refractivity contribution in [3.05, 3.63) is 108 Å². The third-order valence-electron chi connectivity index (χ3n) is 8.85. The van der Waals surface area contributed by atoms with Gasteiger partial charge in [-0.3, -0.25) is 14.4 Å². The number of carbonyl (C=O) groups excluding carboxylic acids is 3. The molecular formula is C38H45N5O5. The van der Waals surface area contributed by atoms with E-state index in [1.807, 2.05) is 98.8 Å². The van der Waals surface area contributed by atoms with E-state index in [-0.39, 0.29) is 30.0 Å². The molecule has 0 radical (unpaired) electrons. The monoisotopic (exact) mass is 651 g/mol. The van der Waals surface area contributed by atoms with E-state index in [9.17, 15) is 19.5 Å². The number of nitrogens with one attached hydrogen (secondary N) is 4. The first-order chi connectivity index (χ1) is 23.3. The second kappa shape index (κ2) is 16.9. The number of nitrogens with zero attached hydrogens (tertiary/aromatic N) is 1. The second-order valence-electron chi connectivity index (χ2n) is 12.4. The highest BCUT2D eigenvalue weighted by Gasteiger charge is 2.31. The molecule has 2 aliphatic rings. The first-order valence-electron chi connectivity index (χ1n) is 16.7. The largest absolute Gasteiger partial charge is 0.494 e. The zero-order valence-electron chi connectivity index (χ0n) is 27.5. The van der Waals surface area contributed by atoms with Crippen molar-refractivity contribution in [1.29, 1.82) is 0 Å². The van der Waals surface area contributed by atoms with E-state index in [0.29, 0.717) is 50.1 Å². The van der Waals surface area contributed by atoms with E-state index in [2.05, 4.69) is 26.3 Å². The summed E-state index contributed by atoms with van der Waals surface area (Å²) in [4.78, 5) is 45.0. The fraction of sp³-hybridized carbons (Fsp3) is 0.368. The van der Waals surface area contributed by atoms with E-state index in [1.165, 1.54) is 0 Å². The third-order valence-corrected chi connectivity index (χ3v) is 8.85. The van der Waals surface area contributed by atoms with Crippen LogP contribution in [0, 0.1) is 5.92 Å². The summed E-state index contributed by atoms with van der Waals surface area (Å²) in [5.74, 6) is -0.375. The van der Waals surface area contributed by atoms with Gasteiger partial charge in [-0.05, 0) is 60.6 Å². The number of amides is 3. The number of benzene rings is 3. The van der Waals surface area contributed by atoms with Crippen LogP contribution in [0.15, 0.2) is 91.0 Å². The van der Waals surface area contributed by atoms with Crippen LogP contribution in [-0.4, -0.2) is 71.7 Å². The van der Waals surface area contributed by atoms with Gasteiger partial charge in [0.1, 0.15) is 17.5 Å². The number of aromatic nitrogens is 1. The standard InChI is InChI=1S/C38H45N5O5/c1-3-25(2)35-38(47)39-20-9-21-48-29-17-14-27(15-18-29)23-33(37(46)43-35)40-24-34(44)32(22-26-10-5-4-6-11-26)42-36(45)31-19-16-28-12-7-8-13-30(28)41-31/h4-8,10-19,25,32-35,40,44H,3,9,20-24H2,1-2H3,(H,39,47)(H,42,45)(H,43,46)/t25?,32-,33-,34+,35-/m0/s1. The van der Waals surface area contributed by atoms with Crippen LogP contribution in [0.25, 0.3) is 10.9 Å². The van der Waals surface area contributed by atoms with Gasteiger partial charge in [-0.2, -0.15) is 0 Å². The molecular weight excluding hydrogens is 606 g/mol. The van der Waals surface area contributed by atoms with Crippen LogP contribution >= 0.6 is 0 Å². The van der Waals surface area contributed by atoms with Crippen LogP contribution in [0.2, 0.25) is 0 Å². The lowest BCUT2D eigenvalue weighted by molar-refractivity contribution is -0.131. The Balaban J connectivity index is 1.35. The van der Waals surface area contributed by atoms with Crippen molar-refractivity contribution in [2.75, 3.05) is 19.7 Å². The molecule has 4 aromatic rings. The lowest BCUT2D eigenvalue weighted by Crippen LogP contribution is -2.57. The van der Waals surface area contributed by atoms with Crippen LogP contribution in [0.3, 0.4) is 0 Å². The average Bonchev–Trinajstić information content (AvgIpc) is 3.12. The molecule has 0 aliphatic carbocycles. The number of aliphatic hydroxyl groups excluding tert-OH is 1. The maximum absolute atomic E-state index is 13.8. The Kier molecular flexibility index (Phi) is 12.1. The first-order valence-corrected chi connectivity index (χ1v) is 16.7. The molecule has 6 rings (SSSR count). The maximum atomic E-state index is 13.8. The van der Waals surface area contributed by atoms with Gasteiger partial charge in [0.15, 0.2) is 0 Å². The summed E-state index contributed by atoms with van der Waals surface area (Å²) in [6.07, 6.45) is 0.936. The Hall–Kier alpha value is -4.80. The van der Waals surface area contributed by atoms with E-state index in [4.69, 9.17) is 4.74 Å². The molecule has 48 heavy (non-hydrogen) atoms. The highest BCUT2D eigenvalue weighted by atomic mass is 16.5. The predicted molar refractivity (Wildman–Crippen MR) is 186 cm³/mol. The summed E-state index contributed by atoms with van der Waals surface area (Å²) in [7, 11) is 0. The van der Waals surface area contributed by atoms with Crippen LogP contribution in [0.5, 0.6) is 5.75 Å². The smallest absolute Gasteiger partial charge is 0.270 e. The van der Waals surface area contributed by atoms with Gasteiger partial charge in [-0.1, -0.05) is 87.0 Å². The number of aliphatic hydroxyl groups is 1. The van der Waals surface area contributed by atoms with Crippen molar-refractivity contribution in [2.45, 2.75) is 63.8 Å². The van der Waals surface area contributed by atoms with Gasteiger partial charge in [0.05, 0.1) is 30.3 Å². The molecule has 0 saturated heterocycles. The molecule has 0 fully saturated rings. The van der Waals surface area contributed by atoms with E-state index in [1.54, 1.807) is 6.07 Å². The highest BCUT2D eigenvalue weighted by Crippen LogP contribution is 2.17. The van der Waals surface area contributed by atoms with E-state index < -0.39 is 30.1 Å². The van der Waals surface area contributed by atoms with Gasteiger partial charge < -0.3 is 31.1 Å². The number of fused-ring (bicyclic) bond motifs is 13. The fourth-order valence-electron chi connectivity index (χ4n) is 5.75. The number of rotatable bonds is 10. The first kappa shape index (κ1) is 34.5. The zero-order valence-corrected chi connectivity index (χ0v) is 27.5. The summed E-state index contributed by atoms with van der Waals surface area (Å²) < 4.78 is 5.83. The molecule has 3 aromatic carbocycles. The molecule has 10 heteroatoms. The summed E-state index contributed by atoms with van der Waals surface area (Å²) in [6, 6.07) is 26.1. The van der Waals surface area contributed by atoms with Gasteiger partial charge in [0, 0.05) is 18.5 Å². The number of pyridine rings is 1. The normalized spacial score (nSPS) is 19.1. The number of ether oxygens (including phenoxy) is 1. The molecule has 2 bridgehead atoms. The minimum atomic E-state index is -1.07. The van der Waals surface area contributed by atoms with Crippen molar-refractivity contribution >= 4 is 28.6 Å². The minimum Gasteiger partial charge on any atom is -0.494 e. The van der Waals surface area contributed by atoms with Crippen molar-refractivity contribution in [3.8, 4) is 5.75 Å². The van der Waals surface area contributed by atoms with Crippen LogP contribution in [0.1, 0.15) is 48.3 Å². The molecule has 3 heterocycles. The molecule has 5 atom stereocenters. The SMILES string of the molecule is CCC(C)[C@@H]1NC(=O)[C@@H](NC[C@@H](O)[C@H](Cc2ccccc2)NC(=O)c2ccc3ccccc3n2)Cc2ccc(cc2)OCCCNC1=O. The molecule has 252 valence electrons. The van der Waals surface area contributed by atoms with Gasteiger partial charge in [0.2, 0.25) is 11.8 Å². The molecule has 2 aliphatic heterocycles. The van der Waals surface area contributed by atoms with Crippen molar-refractivity contribution < 1.29 is 24.2 Å². The Morgan fingerprint density at radius 1 is 0.979 bits per heavy atom. The fourth-order valence-corrected chi connectivity index (χ4v) is 5.75. The van der Waals surface area contributed by atoms with E-state index >= 15 is 0 Å². The highest BCUT2D eigenvalue weighted by molar-refractivity contribution is 5.95. The zero-order chi connectivity index (χ0) is 33.9. The topological polar surface area (TPSA) is 142 Å². The number of hydrogen-bond donors (Lipinski definition) is 5. The maximum Gasteiger partial charge on any atom is 0.270 e. The third kappa shape index (κ3) is 9.39. The molecule has 10 nitrogen and oxygen atoms in total. The molecule has 0 saturated carbocycles. The van der Waals surface area contributed by atoms with Crippen molar-refractivity contribution in [3.63, 3.8) is 0 Å². The number of carbonyl (C=O) groups is 3. The lowest BCUT2D eigenvalue weighted by atomic mass is 9.96. The van der Waals surface area contributed by atoms with Gasteiger partial charge in [0.25, 0.3) is 5.91 Å². The van der Waals surface area contributed by atoms with Gasteiger partial charge in [-0.25, -0.2) is 4.98 Å². The Morgan fingerprint density at radius 3 is 2.50 bits per heavy atom. The summed E-state index contributed by atoms with van der Waals surface area (Å²) in [5.41, 5.74) is 2.77. The predicted octanol–water partition coefficient (Wildman–Crippen LogP) is 3.57. The second-order valence-corrected chi connectivity index (χ2v) is 12.4. The van der Waals surface area contributed by atoms with Crippen LogP contribution < -0.4 is 26.0 Å². The minimum absolute atomic E-state index is 0.00239. The molecule has 1 aromatic heterocycles. The van der Waals surface area contributed by atoms with Crippen LogP contribution in [-0.2, 0) is 22.4 Å². The summed E-state index contributed by atoms with van der Waals surface area (Å²) in [6.45, 7) is 4.81. The van der Waals surface area contributed by atoms with Crippen molar-refractivity contribution in [2.24, 2.45) is 5.92 Å². The summed E-state index contributed by atoms with van der Waals surface area (Å²) >= 11 is 0. The number of para-hydroxylation sites is 1. The Morgan fingerprint density at radius 2 is 1.73 bits per heavy atom. The quantitative estimate of drug-likeness (QED) is 0.177. The Bertz CT molecular complexity index is 1670. The molecule has 0 spiro atoms. The van der Waals surface area contributed by atoms with Crippen LogP contribution in [0.4, 0.5) is 0 Å². The Labute approximate surface area is 281 Å². The van der Waals surface area contributed by atoms with Crippen molar-refractivity contribution in [1.82, 2.24) is 26.3 Å². The average molecular weight is 652 g/mol. The van der Waals surface area contributed by atoms with Gasteiger partial charge >= 0.3 is 0 Å². The molecule has 3 amide bonds. The molecule has 5 N–H and O–H groups in total. The number of hydrogen-bond acceptors (Lipinski definition) is 7.